The summed E-state index contributed by atoms with van der Waals surface area (Å²) in [6, 6.07) is 4.82. The average molecular weight is 232 g/mol. The first-order valence-corrected chi connectivity index (χ1v) is 6.81. The largest absolute Gasteiger partial charge is 0.312 e. The smallest absolute Gasteiger partial charge is 0.0389 e. The van der Waals surface area contributed by atoms with Gasteiger partial charge in [-0.15, -0.1) is 0 Å². The van der Waals surface area contributed by atoms with Crippen LogP contribution >= 0.6 is 0 Å². The van der Waals surface area contributed by atoms with Crippen LogP contribution in [-0.4, -0.2) is 12.0 Å². The topological polar surface area (TPSA) is 24.9 Å². The van der Waals surface area contributed by atoms with Gasteiger partial charge in [0.1, 0.15) is 0 Å². The van der Waals surface area contributed by atoms with E-state index in [9.17, 15) is 0 Å². The van der Waals surface area contributed by atoms with E-state index < -0.39 is 0 Å². The number of rotatable bonds is 4. The van der Waals surface area contributed by atoms with E-state index in [1.54, 1.807) is 0 Å². The maximum absolute atomic E-state index is 4.44. The average Bonchev–Trinajstić information content (AvgIpc) is 2.82. The molecule has 1 aromatic rings. The molecule has 2 heteroatoms. The van der Waals surface area contributed by atoms with Crippen molar-refractivity contribution in [3.05, 3.63) is 29.6 Å². The molecule has 1 unspecified atom stereocenters. The minimum Gasteiger partial charge on any atom is -0.312 e. The second-order valence-corrected chi connectivity index (χ2v) is 5.38. The number of hydrogen-bond donors (Lipinski definition) is 1. The molecule has 2 rings (SSSR count). The molecular weight excluding hydrogens is 208 g/mol. The zero-order valence-corrected chi connectivity index (χ0v) is 11.3. The Labute approximate surface area is 105 Å². The molecule has 0 saturated heterocycles. The van der Waals surface area contributed by atoms with Crippen molar-refractivity contribution in [3.63, 3.8) is 0 Å². The zero-order valence-electron chi connectivity index (χ0n) is 11.3. The predicted octanol–water partition coefficient (Wildman–Crippen LogP) is 3.62. The molecule has 1 aliphatic carbocycles. The standard InChI is InChI=1S/C15H24N2/c1-4-15(9-5-6-10-15)14(16-3)13-8-7-12(2)17-11-13/h7-8,11,14,16H,4-6,9-10H2,1-3H3. The molecule has 1 aliphatic rings. The Bertz CT molecular complexity index is 350. The van der Waals surface area contributed by atoms with Crippen LogP contribution in [0.2, 0.25) is 0 Å². The highest BCUT2D eigenvalue weighted by Gasteiger charge is 2.39. The highest BCUT2D eigenvalue weighted by Crippen LogP contribution is 2.49. The van der Waals surface area contributed by atoms with Crippen molar-refractivity contribution in [2.45, 2.75) is 52.0 Å². The molecule has 0 spiro atoms. The van der Waals surface area contributed by atoms with Crippen molar-refractivity contribution in [2.24, 2.45) is 5.41 Å². The molecule has 1 atom stereocenters. The van der Waals surface area contributed by atoms with Crippen molar-refractivity contribution >= 4 is 0 Å². The summed E-state index contributed by atoms with van der Waals surface area (Å²) in [5, 5.41) is 3.53. The molecule has 0 bridgehead atoms. The van der Waals surface area contributed by atoms with Gasteiger partial charge in [-0.05, 0) is 50.3 Å². The van der Waals surface area contributed by atoms with Crippen LogP contribution < -0.4 is 5.32 Å². The zero-order chi connectivity index (χ0) is 12.3. The second kappa shape index (κ2) is 5.18. The predicted molar refractivity (Wildman–Crippen MR) is 72.0 cm³/mol. The fourth-order valence-corrected chi connectivity index (χ4v) is 3.40. The fourth-order valence-electron chi connectivity index (χ4n) is 3.40. The molecule has 94 valence electrons. The van der Waals surface area contributed by atoms with Gasteiger partial charge in [-0.3, -0.25) is 4.98 Å². The van der Waals surface area contributed by atoms with E-state index in [1.165, 1.54) is 37.7 Å². The molecule has 1 saturated carbocycles. The number of nitrogens with one attached hydrogen (secondary N) is 1. The lowest BCUT2D eigenvalue weighted by Gasteiger charge is -2.37. The molecule has 0 aliphatic heterocycles. The molecule has 1 fully saturated rings. The van der Waals surface area contributed by atoms with E-state index in [2.05, 4.69) is 36.4 Å². The van der Waals surface area contributed by atoms with Crippen LogP contribution in [0.15, 0.2) is 18.3 Å². The van der Waals surface area contributed by atoms with Gasteiger partial charge in [-0.25, -0.2) is 0 Å². The highest BCUT2D eigenvalue weighted by molar-refractivity contribution is 5.20. The number of aryl methyl sites for hydroxylation is 1. The van der Waals surface area contributed by atoms with Crippen LogP contribution in [0.1, 0.15) is 56.3 Å². The Morgan fingerprint density at radius 3 is 2.53 bits per heavy atom. The minimum absolute atomic E-state index is 0.450. The van der Waals surface area contributed by atoms with E-state index in [-0.39, 0.29) is 0 Å². The highest BCUT2D eigenvalue weighted by atomic mass is 14.9. The molecule has 2 nitrogen and oxygen atoms in total. The maximum atomic E-state index is 4.44. The van der Waals surface area contributed by atoms with Crippen LogP contribution in [-0.2, 0) is 0 Å². The molecule has 0 aromatic carbocycles. The van der Waals surface area contributed by atoms with E-state index >= 15 is 0 Å². The van der Waals surface area contributed by atoms with Gasteiger partial charge in [0.05, 0.1) is 0 Å². The summed E-state index contributed by atoms with van der Waals surface area (Å²) in [6.07, 6.45) is 8.76. The van der Waals surface area contributed by atoms with Crippen molar-refractivity contribution in [2.75, 3.05) is 7.05 Å². The molecule has 0 radical (unpaired) electrons. The van der Waals surface area contributed by atoms with Gasteiger partial charge < -0.3 is 5.32 Å². The van der Waals surface area contributed by atoms with Crippen LogP contribution in [0.4, 0.5) is 0 Å². The van der Waals surface area contributed by atoms with Gasteiger partial charge in [0.2, 0.25) is 0 Å². The first-order chi connectivity index (χ1) is 8.22. The van der Waals surface area contributed by atoms with Crippen LogP contribution in [0.3, 0.4) is 0 Å². The summed E-state index contributed by atoms with van der Waals surface area (Å²) >= 11 is 0. The fraction of sp³-hybridized carbons (Fsp3) is 0.667. The Balaban J connectivity index is 2.28. The van der Waals surface area contributed by atoms with Crippen molar-refractivity contribution in [1.82, 2.24) is 10.3 Å². The summed E-state index contributed by atoms with van der Waals surface area (Å²) in [5.74, 6) is 0. The maximum Gasteiger partial charge on any atom is 0.0389 e. The molecule has 0 amide bonds. The van der Waals surface area contributed by atoms with Crippen LogP contribution in [0.25, 0.3) is 0 Å². The van der Waals surface area contributed by atoms with Gasteiger partial charge in [0.15, 0.2) is 0 Å². The Morgan fingerprint density at radius 1 is 1.35 bits per heavy atom. The van der Waals surface area contributed by atoms with Gasteiger partial charge in [-0.2, -0.15) is 0 Å². The Kier molecular flexibility index (Phi) is 3.82. The van der Waals surface area contributed by atoms with Gasteiger partial charge in [0.25, 0.3) is 0 Å². The molecule has 1 aromatic heterocycles. The molecule has 1 N–H and O–H groups in total. The second-order valence-electron chi connectivity index (χ2n) is 5.38. The van der Waals surface area contributed by atoms with E-state index in [1.807, 2.05) is 13.1 Å². The van der Waals surface area contributed by atoms with Gasteiger partial charge in [0, 0.05) is 17.9 Å². The number of hydrogen-bond acceptors (Lipinski definition) is 2. The quantitative estimate of drug-likeness (QED) is 0.857. The van der Waals surface area contributed by atoms with E-state index in [0.717, 1.165) is 5.69 Å². The monoisotopic (exact) mass is 232 g/mol. The van der Waals surface area contributed by atoms with Crippen LogP contribution in [0, 0.1) is 12.3 Å². The SMILES string of the molecule is CCC1(C(NC)c2ccc(C)nc2)CCCC1. The van der Waals surface area contributed by atoms with E-state index in [0.29, 0.717) is 11.5 Å². The summed E-state index contributed by atoms with van der Waals surface area (Å²) < 4.78 is 0. The molecular formula is C15H24N2. The third-order valence-corrected chi connectivity index (χ3v) is 4.47. The summed E-state index contributed by atoms with van der Waals surface area (Å²) in [7, 11) is 2.08. The Morgan fingerprint density at radius 2 is 2.06 bits per heavy atom. The summed E-state index contributed by atoms with van der Waals surface area (Å²) in [6.45, 7) is 4.38. The first-order valence-electron chi connectivity index (χ1n) is 6.81. The lowest BCUT2D eigenvalue weighted by Crippen LogP contribution is -2.34. The van der Waals surface area contributed by atoms with Crippen LogP contribution in [0.5, 0.6) is 0 Å². The minimum atomic E-state index is 0.450. The van der Waals surface area contributed by atoms with Crippen molar-refractivity contribution < 1.29 is 0 Å². The van der Waals surface area contributed by atoms with Crippen molar-refractivity contribution in [1.29, 1.82) is 0 Å². The van der Waals surface area contributed by atoms with Gasteiger partial charge >= 0.3 is 0 Å². The van der Waals surface area contributed by atoms with Gasteiger partial charge in [-0.1, -0.05) is 25.8 Å². The van der Waals surface area contributed by atoms with Crippen molar-refractivity contribution in [3.8, 4) is 0 Å². The Hall–Kier alpha value is -0.890. The van der Waals surface area contributed by atoms with E-state index in [4.69, 9.17) is 0 Å². The third kappa shape index (κ3) is 2.37. The third-order valence-electron chi connectivity index (χ3n) is 4.47. The lowest BCUT2D eigenvalue weighted by atomic mass is 9.74. The summed E-state index contributed by atoms with van der Waals surface area (Å²) in [4.78, 5) is 4.44. The number of nitrogens with zero attached hydrogens (tertiary/aromatic N) is 1. The normalized spacial score (nSPS) is 20.4. The molecule has 1 heterocycles. The molecule has 17 heavy (non-hydrogen) atoms. The number of aromatic nitrogens is 1. The first kappa shape index (κ1) is 12.6. The summed E-state index contributed by atoms with van der Waals surface area (Å²) in [5.41, 5.74) is 2.90. The number of pyridine rings is 1. The lowest BCUT2D eigenvalue weighted by molar-refractivity contribution is 0.195.